The molecule has 174 valence electrons. The lowest BCUT2D eigenvalue weighted by Gasteiger charge is -2.21. The standard InChI is InChI=1S/C24H24N6O3S/c1-26-9-15(8-25)14-5-18-23(19(6-14)33-21-11-32-10-20(21)31-2)24(28-12-27-18)30-16-3-4-17-22(7-16)34-13-29-17/h3-9,12-13,20-21,25-26H,10-11H2,1-2H3,(H,27,28,30)/p+1/b15-9+,25-8?/t20-,21-/m0/s1. The molecular formula is C24H25N6O3S+. The molecule has 4 N–H and O–H groups in total. The summed E-state index contributed by atoms with van der Waals surface area (Å²) in [6.45, 7) is 0.907. The van der Waals surface area contributed by atoms with Crippen LogP contribution in [0.4, 0.5) is 11.5 Å². The van der Waals surface area contributed by atoms with E-state index in [0.29, 0.717) is 30.3 Å². The molecular weight excluding hydrogens is 452 g/mol. The van der Waals surface area contributed by atoms with Gasteiger partial charge in [0.25, 0.3) is 0 Å². The number of quaternary nitrogens is 1. The molecule has 0 unspecified atom stereocenters. The van der Waals surface area contributed by atoms with E-state index in [2.05, 4.69) is 26.3 Å². The monoisotopic (exact) mass is 477 g/mol. The number of nitrogens with one attached hydrogen (secondary N) is 2. The smallest absolute Gasteiger partial charge is 0.150 e. The molecule has 0 amide bonds. The molecule has 4 aromatic rings. The highest BCUT2D eigenvalue weighted by Crippen LogP contribution is 2.36. The van der Waals surface area contributed by atoms with Gasteiger partial charge < -0.3 is 30.3 Å². The lowest BCUT2D eigenvalue weighted by atomic mass is 10.0. The number of benzene rings is 2. The molecule has 1 aliphatic rings. The van der Waals surface area contributed by atoms with Crippen LogP contribution in [0.15, 0.2) is 48.4 Å². The van der Waals surface area contributed by atoms with Gasteiger partial charge in [0.2, 0.25) is 0 Å². The van der Waals surface area contributed by atoms with E-state index in [9.17, 15) is 0 Å². The zero-order valence-electron chi connectivity index (χ0n) is 18.8. The maximum Gasteiger partial charge on any atom is 0.150 e. The van der Waals surface area contributed by atoms with Crippen LogP contribution >= 0.6 is 11.3 Å². The lowest BCUT2D eigenvalue weighted by Crippen LogP contribution is -2.72. The average Bonchev–Trinajstić information content (AvgIpc) is 3.51. The number of anilines is 2. The predicted octanol–water partition coefficient (Wildman–Crippen LogP) is 2.96. The fraction of sp³-hybridized carbons (Fsp3) is 0.250. The van der Waals surface area contributed by atoms with E-state index < -0.39 is 0 Å². The van der Waals surface area contributed by atoms with Crippen molar-refractivity contribution in [3.05, 3.63) is 53.9 Å². The highest BCUT2D eigenvalue weighted by molar-refractivity contribution is 7.16. The van der Waals surface area contributed by atoms with Crippen LogP contribution in [0.25, 0.3) is 26.7 Å². The van der Waals surface area contributed by atoms with E-state index in [1.54, 1.807) is 18.4 Å². The third kappa shape index (κ3) is 4.36. The minimum absolute atomic E-state index is 0.171. The van der Waals surface area contributed by atoms with Crippen LogP contribution in [0.2, 0.25) is 0 Å². The van der Waals surface area contributed by atoms with Gasteiger partial charge in [-0.05, 0) is 35.9 Å². The van der Waals surface area contributed by atoms with Crippen molar-refractivity contribution in [1.29, 1.82) is 5.41 Å². The van der Waals surface area contributed by atoms with Crippen molar-refractivity contribution in [3.63, 3.8) is 0 Å². The van der Waals surface area contributed by atoms with Crippen molar-refractivity contribution in [3.8, 4) is 5.75 Å². The van der Waals surface area contributed by atoms with Crippen LogP contribution in [0.3, 0.4) is 0 Å². The number of methoxy groups -OCH3 is 1. The van der Waals surface area contributed by atoms with Gasteiger partial charge in [0.15, 0.2) is 6.10 Å². The normalized spacial score (nSPS) is 18.5. The van der Waals surface area contributed by atoms with Crippen LogP contribution in [0.1, 0.15) is 5.56 Å². The third-order valence-corrected chi connectivity index (χ3v) is 6.48. The summed E-state index contributed by atoms with van der Waals surface area (Å²) in [6, 6.07) is 9.88. The van der Waals surface area contributed by atoms with Gasteiger partial charge in [-0.15, -0.1) is 11.3 Å². The summed E-state index contributed by atoms with van der Waals surface area (Å²) in [6.07, 6.45) is 4.30. The molecule has 10 heteroatoms. The Kier molecular flexibility index (Phi) is 6.45. The first-order chi connectivity index (χ1) is 16.7. The second-order valence-electron chi connectivity index (χ2n) is 7.82. The quantitative estimate of drug-likeness (QED) is 0.334. The molecule has 3 heterocycles. The van der Waals surface area contributed by atoms with Crippen molar-refractivity contribution in [1.82, 2.24) is 15.0 Å². The maximum absolute atomic E-state index is 7.87. The molecule has 1 saturated heterocycles. The molecule has 34 heavy (non-hydrogen) atoms. The molecule has 0 bridgehead atoms. The van der Waals surface area contributed by atoms with Crippen LogP contribution in [-0.4, -0.2) is 60.7 Å². The van der Waals surface area contributed by atoms with Crippen molar-refractivity contribution in [2.75, 3.05) is 32.7 Å². The Hall–Kier alpha value is -3.44. The van der Waals surface area contributed by atoms with Crippen LogP contribution in [0.5, 0.6) is 5.75 Å². The highest BCUT2D eigenvalue weighted by atomic mass is 32.1. The van der Waals surface area contributed by atoms with Gasteiger partial charge in [-0.25, -0.2) is 15.0 Å². The van der Waals surface area contributed by atoms with Crippen LogP contribution < -0.4 is 15.4 Å². The summed E-state index contributed by atoms with van der Waals surface area (Å²) < 4.78 is 18.7. The lowest BCUT2D eigenvalue weighted by molar-refractivity contribution is -0.555. The second-order valence-corrected chi connectivity index (χ2v) is 8.70. The fourth-order valence-corrected chi connectivity index (χ4v) is 4.71. The van der Waals surface area contributed by atoms with E-state index in [4.69, 9.17) is 19.6 Å². The summed E-state index contributed by atoms with van der Waals surface area (Å²) >= 11 is 1.59. The average molecular weight is 478 g/mol. The first kappa shape index (κ1) is 22.4. The summed E-state index contributed by atoms with van der Waals surface area (Å²) in [5.41, 5.74) is 5.98. The molecule has 9 nitrogen and oxygen atoms in total. The first-order valence-electron chi connectivity index (χ1n) is 10.9. The van der Waals surface area contributed by atoms with Gasteiger partial charge in [-0.2, -0.15) is 0 Å². The Balaban J connectivity index is 1.62. The Morgan fingerprint density at radius 1 is 1.18 bits per heavy atom. The second kappa shape index (κ2) is 9.82. The molecule has 0 saturated carbocycles. The van der Waals surface area contributed by atoms with Crippen molar-refractivity contribution >= 4 is 55.7 Å². The number of nitrogens with two attached hydrogens (primary N) is 1. The van der Waals surface area contributed by atoms with E-state index in [1.807, 2.05) is 48.3 Å². The highest BCUT2D eigenvalue weighted by Gasteiger charge is 2.31. The van der Waals surface area contributed by atoms with Crippen molar-refractivity contribution in [2.45, 2.75) is 12.2 Å². The minimum Gasteiger partial charge on any atom is -0.484 e. The number of hydrogen-bond donors (Lipinski definition) is 3. The molecule has 0 radical (unpaired) electrons. The van der Waals surface area contributed by atoms with E-state index >= 15 is 0 Å². The van der Waals surface area contributed by atoms with Crippen molar-refractivity contribution in [2.24, 2.45) is 0 Å². The number of aromatic nitrogens is 3. The molecule has 1 fully saturated rings. The molecule has 2 aromatic heterocycles. The van der Waals surface area contributed by atoms with E-state index in [1.165, 1.54) is 12.5 Å². The number of fused-ring (bicyclic) bond motifs is 2. The number of allylic oxidation sites excluding steroid dienone is 1. The fourth-order valence-electron chi connectivity index (χ4n) is 3.99. The van der Waals surface area contributed by atoms with Gasteiger partial charge in [0.05, 0.1) is 52.5 Å². The maximum atomic E-state index is 7.87. The minimum atomic E-state index is -0.268. The Morgan fingerprint density at radius 3 is 2.88 bits per heavy atom. The number of thiazole rings is 1. The Labute approximate surface area is 200 Å². The largest absolute Gasteiger partial charge is 0.484 e. The molecule has 0 aliphatic carbocycles. The molecule has 2 aromatic carbocycles. The Bertz CT molecular complexity index is 1370. The van der Waals surface area contributed by atoms with Crippen LogP contribution in [0, 0.1) is 5.41 Å². The van der Waals surface area contributed by atoms with Crippen LogP contribution in [-0.2, 0) is 9.47 Å². The molecule has 1 aliphatic heterocycles. The molecule has 2 atom stereocenters. The third-order valence-electron chi connectivity index (χ3n) is 5.69. The topological polar surface area (TPSA) is 119 Å². The van der Waals surface area contributed by atoms with Crippen molar-refractivity contribution < 1.29 is 19.5 Å². The van der Waals surface area contributed by atoms with Gasteiger partial charge >= 0.3 is 0 Å². The Morgan fingerprint density at radius 2 is 2.06 bits per heavy atom. The summed E-state index contributed by atoms with van der Waals surface area (Å²) in [5.74, 6) is 1.24. The van der Waals surface area contributed by atoms with Gasteiger partial charge in [0, 0.05) is 19.0 Å². The van der Waals surface area contributed by atoms with Gasteiger partial charge in [-0.1, -0.05) is 0 Å². The molecule has 5 rings (SSSR count). The van der Waals surface area contributed by atoms with Gasteiger partial charge in [-0.3, -0.25) is 0 Å². The zero-order valence-corrected chi connectivity index (χ0v) is 19.6. The summed E-state index contributed by atoms with van der Waals surface area (Å²) in [5, 5.41) is 13.9. The van der Waals surface area contributed by atoms with E-state index in [0.717, 1.165) is 32.4 Å². The predicted molar refractivity (Wildman–Crippen MR) is 133 cm³/mol. The SMILES string of the molecule is C[NH2+]/C=C(\C=N)c1cc(O[C@H]2COC[C@@H]2OC)c2c(Nc3ccc4ncsc4c3)ncnc2c1. The first-order valence-corrected chi connectivity index (χ1v) is 11.7. The number of rotatable bonds is 8. The number of hydrogen-bond acceptors (Lipinski definition) is 9. The summed E-state index contributed by atoms with van der Waals surface area (Å²) in [4.78, 5) is 13.4. The number of ether oxygens (including phenoxy) is 3. The summed E-state index contributed by atoms with van der Waals surface area (Å²) in [7, 11) is 3.58. The zero-order chi connectivity index (χ0) is 23.5. The van der Waals surface area contributed by atoms with E-state index in [-0.39, 0.29) is 12.2 Å². The van der Waals surface area contributed by atoms with Gasteiger partial charge in [0.1, 0.15) is 30.2 Å². The molecule has 0 spiro atoms. The number of nitrogens with zero attached hydrogens (tertiary/aromatic N) is 3.